The SMILES string of the molecule is CCNC(c1cnccc1C)C1OCCC1C. The Morgan fingerprint density at radius 2 is 2.41 bits per heavy atom. The maximum absolute atomic E-state index is 5.90. The van der Waals surface area contributed by atoms with Crippen molar-refractivity contribution in [2.24, 2.45) is 5.92 Å². The fraction of sp³-hybridized carbons (Fsp3) is 0.643. The average Bonchev–Trinajstić information content (AvgIpc) is 2.74. The molecule has 2 heterocycles. The zero-order valence-electron chi connectivity index (χ0n) is 10.9. The van der Waals surface area contributed by atoms with Crippen LogP contribution in [0.1, 0.15) is 37.4 Å². The minimum absolute atomic E-state index is 0.270. The molecular formula is C14H22N2O. The Bertz CT molecular complexity index is 367. The first-order valence-corrected chi connectivity index (χ1v) is 6.49. The molecule has 1 fully saturated rings. The van der Waals surface area contributed by atoms with E-state index >= 15 is 0 Å². The standard InChI is InChI=1S/C14H22N2O/c1-4-16-13(14-11(3)6-8-17-14)12-9-15-7-5-10(12)2/h5,7,9,11,13-14,16H,4,6,8H2,1-3H3. The summed E-state index contributed by atoms with van der Waals surface area (Å²) in [5, 5.41) is 3.55. The first kappa shape index (κ1) is 12.5. The van der Waals surface area contributed by atoms with E-state index < -0.39 is 0 Å². The van der Waals surface area contributed by atoms with Gasteiger partial charge in [0.1, 0.15) is 0 Å². The quantitative estimate of drug-likeness (QED) is 0.869. The van der Waals surface area contributed by atoms with E-state index in [0.717, 1.165) is 19.6 Å². The zero-order chi connectivity index (χ0) is 12.3. The summed E-state index contributed by atoms with van der Waals surface area (Å²) in [5.41, 5.74) is 2.56. The van der Waals surface area contributed by atoms with Crippen molar-refractivity contribution >= 4 is 0 Å². The third-order valence-corrected chi connectivity index (χ3v) is 3.61. The molecule has 1 saturated heterocycles. The third-order valence-electron chi connectivity index (χ3n) is 3.61. The molecular weight excluding hydrogens is 212 g/mol. The van der Waals surface area contributed by atoms with E-state index in [1.54, 1.807) is 0 Å². The Balaban J connectivity index is 2.25. The van der Waals surface area contributed by atoms with Gasteiger partial charge in [0, 0.05) is 19.0 Å². The van der Waals surface area contributed by atoms with E-state index in [1.165, 1.54) is 11.1 Å². The predicted octanol–water partition coefficient (Wildman–Crippen LogP) is 2.47. The number of nitrogens with one attached hydrogen (secondary N) is 1. The van der Waals surface area contributed by atoms with Gasteiger partial charge in [-0.05, 0) is 43.0 Å². The van der Waals surface area contributed by atoms with Crippen molar-refractivity contribution in [1.29, 1.82) is 0 Å². The Kier molecular flexibility index (Phi) is 4.13. The number of likely N-dealkylation sites (N-methyl/N-ethyl adjacent to an activating group) is 1. The summed E-state index contributed by atoms with van der Waals surface area (Å²) in [6.45, 7) is 8.38. The minimum atomic E-state index is 0.270. The van der Waals surface area contributed by atoms with Crippen LogP contribution in [0.15, 0.2) is 18.5 Å². The van der Waals surface area contributed by atoms with E-state index in [0.29, 0.717) is 5.92 Å². The van der Waals surface area contributed by atoms with Crippen molar-refractivity contribution in [3.63, 3.8) is 0 Å². The first-order valence-electron chi connectivity index (χ1n) is 6.49. The zero-order valence-corrected chi connectivity index (χ0v) is 10.9. The molecule has 3 nitrogen and oxygen atoms in total. The van der Waals surface area contributed by atoms with Crippen molar-refractivity contribution in [1.82, 2.24) is 10.3 Å². The second kappa shape index (κ2) is 5.61. The molecule has 1 N–H and O–H groups in total. The molecule has 0 amide bonds. The van der Waals surface area contributed by atoms with Crippen LogP contribution in [0, 0.1) is 12.8 Å². The van der Waals surface area contributed by atoms with Crippen molar-refractivity contribution in [2.75, 3.05) is 13.2 Å². The summed E-state index contributed by atoms with van der Waals surface area (Å²) in [6, 6.07) is 2.34. The van der Waals surface area contributed by atoms with Gasteiger partial charge in [-0.2, -0.15) is 0 Å². The van der Waals surface area contributed by atoms with Crippen molar-refractivity contribution in [3.8, 4) is 0 Å². The summed E-state index contributed by atoms with van der Waals surface area (Å²) in [5.74, 6) is 0.610. The fourth-order valence-corrected chi connectivity index (χ4v) is 2.57. The number of ether oxygens (including phenoxy) is 1. The second-order valence-corrected chi connectivity index (χ2v) is 4.87. The number of pyridine rings is 1. The molecule has 0 radical (unpaired) electrons. The van der Waals surface area contributed by atoms with Crippen LogP contribution in [0.2, 0.25) is 0 Å². The highest BCUT2D eigenvalue weighted by Crippen LogP contribution is 2.32. The normalized spacial score (nSPS) is 26.1. The van der Waals surface area contributed by atoms with Crippen LogP contribution in [0.3, 0.4) is 0 Å². The predicted molar refractivity (Wildman–Crippen MR) is 68.9 cm³/mol. The van der Waals surface area contributed by atoms with E-state index in [4.69, 9.17) is 4.74 Å². The van der Waals surface area contributed by atoms with Gasteiger partial charge >= 0.3 is 0 Å². The van der Waals surface area contributed by atoms with Crippen LogP contribution in [0.4, 0.5) is 0 Å². The van der Waals surface area contributed by atoms with Crippen LogP contribution in [0.5, 0.6) is 0 Å². The van der Waals surface area contributed by atoms with Gasteiger partial charge in [0.15, 0.2) is 0 Å². The number of hydrogen-bond acceptors (Lipinski definition) is 3. The van der Waals surface area contributed by atoms with Gasteiger partial charge in [-0.25, -0.2) is 0 Å². The van der Waals surface area contributed by atoms with Crippen LogP contribution in [0.25, 0.3) is 0 Å². The number of aryl methyl sites for hydroxylation is 1. The molecule has 1 aromatic rings. The lowest BCUT2D eigenvalue weighted by Crippen LogP contribution is -2.35. The Morgan fingerprint density at radius 1 is 1.59 bits per heavy atom. The molecule has 94 valence electrons. The lowest BCUT2D eigenvalue weighted by Gasteiger charge is -2.28. The van der Waals surface area contributed by atoms with Crippen molar-refractivity contribution < 1.29 is 4.74 Å². The summed E-state index contributed by atoms with van der Waals surface area (Å²) < 4.78 is 5.90. The van der Waals surface area contributed by atoms with E-state index in [9.17, 15) is 0 Å². The molecule has 2 rings (SSSR count). The molecule has 0 bridgehead atoms. The molecule has 1 aliphatic heterocycles. The Labute approximate surface area is 104 Å². The van der Waals surface area contributed by atoms with Gasteiger partial charge in [-0.3, -0.25) is 4.98 Å². The topological polar surface area (TPSA) is 34.2 Å². The van der Waals surface area contributed by atoms with Gasteiger partial charge < -0.3 is 10.1 Å². The fourth-order valence-electron chi connectivity index (χ4n) is 2.57. The smallest absolute Gasteiger partial charge is 0.0796 e. The summed E-state index contributed by atoms with van der Waals surface area (Å²) in [7, 11) is 0. The molecule has 0 aliphatic carbocycles. The number of hydrogen-bond donors (Lipinski definition) is 1. The molecule has 3 heteroatoms. The molecule has 1 aromatic heterocycles. The Hall–Kier alpha value is -0.930. The molecule has 1 aliphatic rings. The lowest BCUT2D eigenvalue weighted by molar-refractivity contribution is 0.0609. The van der Waals surface area contributed by atoms with Crippen molar-refractivity contribution in [3.05, 3.63) is 29.6 Å². The Morgan fingerprint density at radius 3 is 3.00 bits per heavy atom. The summed E-state index contributed by atoms with van der Waals surface area (Å²) in [6.07, 6.45) is 5.25. The maximum Gasteiger partial charge on any atom is 0.0796 e. The second-order valence-electron chi connectivity index (χ2n) is 4.87. The summed E-state index contributed by atoms with van der Waals surface area (Å²) in [4.78, 5) is 4.25. The molecule has 17 heavy (non-hydrogen) atoms. The number of nitrogens with zero attached hydrogens (tertiary/aromatic N) is 1. The van der Waals surface area contributed by atoms with E-state index in [2.05, 4.69) is 37.1 Å². The molecule has 0 aromatic carbocycles. The molecule has 0 saturated carbocycles. The highest BCUT2D eigenvalue weighted by Gasteiger charge is 2.33. The third kappa shape index (κ3) is 2.67. The lowest BCUT2D eigenvalue weighted by atomic mass is 9.91. The van der Waals surface area contributed by atoms with Gasteiger partial charge in [0.05, 0.1) is 12.1 Å². The van der Waals surface area contributed by atoms with Gasteiger partial charge in [0.25, 0.3) is 0 Å². The number of aromatic nitrogens is 1. The average molecular weight is 234 g/mol. The van der Waals surface area contributed by atoms with E-state index in [1.807, 2.05) is 12.4 Å². The van der Waals surface area contributed by atoms with Crippen LogP contribution < -0.4 is 5.32 Å². The van der Waals surface area contributed by atoms with E-state index in [-0.39, 0.29) is 12.1 Å². The minimum Gasteiger partial charge on any atom is -0.376 e. The maximum atomic E-state index is 5.90. The van der Waals surface area contributed by atoms with Crippen molar-refractivity contribution in [2.45, 2.75) is 39.3 Å². The van der Waals surface area contributed by atoms with Gasteiger partial charge in [-0.15, -0.1) is 0 Å². The highest BCUT2D eigenvalue weighted by atomic mass is 16.5. The molecule has 3 atom stereocenters. The first-order chi connectivity index (χ1) is 8.24. The van der Waals surface area contributed by atoms with Crippen LogP contribution in [-0.4, -0.2) is 24.2 Å². The molecule has 0 spiro atoms. The van der Waals surface area contributed by atoms with Crippen LogP contribution in [-0.2, 0) is 4.74 Å². The number of rotatable bonds is 4. The molecule has 3 unspecified atom stereocenters. The van der Waals surface area contributed by atoms with Crippen LogP contribution >= 0.6 is 0 Å². The summed E-state index contributed by atoms with van der Waals surface area (Å²) >= 11 is 0. The largest absolute Gasteiger partial charge is 0.376 e. The monoisotopic (exact) mass is 234 g/mol. The van der Waals surface area contributed by atoms with Gasteiger partial charge in [0.2, 0.25) is 0 Å². The highest BCUT2D eigenvalue weighted by molar-refractivity contribution is 5.26. The van der Waals surface area contributed by atoms with Gasteiger partial charge in [-0.1, -0.05) is 13.8 Å².